The van der Waals surface area contributed by atoms with Gasteiger partial charge in [0, 0.05) is 7.05 Å². The van der Waals surface area contributed by atoms with Crippen LogP contribution in [0.4, 0.5) is 0 Å². The zero-order chi connectivity index (χ0) is 18.2. The van der Waals surface area contributed by atoms with E-state index in [2.05, 4.69) is 44.2 Å². The van der Waals surface area contributed by atoms with Gasteiger partial charge in [-0.05, 0) is 36.6 Å². The first-order valence-electron chi connectivity index (χ1n) is 7.90. The van der Waals surface area contributed by atoms with Gasteiger partial charge < -0.3 is 13.9 Å². The molecular formula is C15H27N3O3S2Si. The molecule has 0 aromatic carbocycles. The molecule has 1 fully saturated rings. The molecule has 24 heavy (non-hydrogen) atoms. The molecule has 2 heterocycles. The highest BCUT2D eigenvalue weighted by Gasteiger charge is 2.48. The van der Waals surface area contributed by atoms with Gasteiger partial charge in [0.25, 0.3) is 0 Å². The molecule has 0 aliphatic carbocycles. The van der Waals surface area contributed by atoms with Crippen molar-refractivity contribution in [2.45, 2.75) is 51.1 Å². The Labute approximate surface area is 154 Å². The van der Waals surface area contributed by atoms with Crippen molar-refractivity contribution in [3.05, 3.63) is 11.4 Å². The number of rotatable bonds is 5. The second-order valence-corrected chi connectivity index (χ2v) is 13.8. The quantitative estimate of drug-likeness (QED) is 0.566. The van der Waals surface area contributed by atoms with Gasteiger partial charge in [0.05, 0.1) is 19.8 Å². The average Bonchev–Trinajstić information content (AvgIpc) is 2.81. The molecule has 1 aliphatic rings. The minimum Gasteiger partial charge on any atom is -0.460 e. The highest BCUT2D eigenvalue weighted by molar-refractivity contribution is 8.22. The minimum absolute atomic E-state index is 0.142. The Morgan fingerprint density at radius 2 is 2.04 bits per heavy atom. The maximum absolute atomic E-state index is 6.32. The van der Waals surface area contributed by atoms with E-state index in [4.69, 9.17) is 26.1 Å². The van der Waals surface area contributed by atoms with Crippen LogP contribution in [0.25, 0.3) is 0 Å². The van der Waals surface area contributed by atoms with Gasteiger partial charge in [-0.3, -0.25) is 0 Å². The van der Waals surface area contributed by atoms with Crippen molar-refractivity contribution in [3.8, 4) is 0 Å². The number of thiocarbonyl (C=S) groups is 1. The summed E-state index contributed by atoms with van der Waals surface area (Å²) in [5.41, 5.74) is 1.09. The number of nitrogens with zero attached hydrogens (tertiary/aromatic N) is 3. The molecule has 0 radical (unpaired) electrons. The van der Waals surface area contributed by atoms with Crippen molar-refractivity contribution in [1.29, 1.82) is 0 Å². The van der Waals surface area contributed by atoms with Crippen LogP contribution in [0.3, 0.4) is 0 Å². The summed E-state index contributed by atoms with van der Waals surface area (Å²) in [5.74, 6) is 0. The first-order chi connectivity index (χ1) is 11.0. The molecule has 0 unspecified atom stereocenters. The average molecular weight is 390 g/mol. The van der Waals surface area contributed by atoms with E-state index < -0.39 is 13.9 Å². The van der Waals surface area contributed by atoms with E-state index in [1.54, 1.807) is 4.68 Å². The fourth-order valence-electron chi connectivity index (χ4n) is 2.25. The normalized spacial score (nSPS) is 17.5. The number of hydrogen-bond donors (Lipinski definition) is 0. The molecule has 0 saturated carbocycles. The maximum Gasteiger partial charge on any atom is 0.220 e. The first kappa shape index (κ1) is 19.8. The third-order valence-corrected chi connectivity index (χ3v) is 10.3. The number of hydrogen-bond acceptors (Lipinski definition) is 7. The molecule has 0 N–H and O–H groups in total. The lowest BCUT2D eigenvalue weighted by Gasteiger charge is -2.41. The highest BCUT2D eigenvalue weighted by atomic mass is 32.2. The first-order valence-corrected chi connectivity index (χ1v) is 12.4. The van der Waals surface area contributed by atoms with Gasteiger partial charge in [-0.1, -0.05) is 37.7 Å². The van der Waals surface area contributed by atoms with E-state index in [9.17, 15) is 0 Å². The van der Waals surface area contributed by atoms with Crippen molar-refractivity contribution < 1.29 is 13.9 Å². The zero-order valence-corrected chi connectivity index (χ0v) is 18.1. The summed E-state index contributed by atoms with van der Waals surface area (Å²) >= 11 is 6.66. The Morgan fingerprint density at radius 3 is 2.50 bits per heavy atom. The van der Waals surface area contributed by atoms with Crippen LogP contribution in [0.5, 0.6) is 0 Å². The summed E-state index contributed by atoms with van der Waals surface area (Å²) in [4.78, 5) is 0. The summed E-state index contributed by atoms with van der Waals surface area (Å²) in [6, 6.07) is 0. The molecule has 0 spiro atoms. The summed E-state index contributed by atoms with van der Waals surface area (Å²) in [6.45, 7) is 12.4. The maximum atomic E-state index is 6.32. The smallest absolute Gasteiger partial charge is 0.220 e. The lowest BCUT2D eigenvalue weighted by Crippen LogP contribution is -2.51. The van der Waals surface area contributed by atoms with Crippen molar-refractivity contribution >= 4 is 36.7 Å². The summed E-state index contributed by atoms with van der Waals surface area (Å²) in [6.07, 6.45) is 1.90. The van der Waals surface area contributed by atoms with Crippen LogP contribution in [0.1, 0.15) is 32.2 Å². The molecule has 1 aliphatic heterocycles. The monoisotopic (exact) mass is 389 g/mol. The minimum atomic E-state index is -1.87. The molecular weight excluding hydrogens is 362 g/mol. The lowest BCUT2D eigenvalue weighted by atomic mass is 9.95. The molecule has 6 nitrogen and oxygen atoms in total. The Kier molecular flexibility index (Phi) is 5.81. The van der Waals surface area contributed by atoms with E-state index >= 15 is 0 Å². The van der Waals surface area contributed by atoms with Crippen molar-refractivity contribution in [2.24, 2.45) is 7.05 Å². The van der Waals surface area contributed by atoms with E-state index in [-0.39, 0.29) is 5.04 Å². The van der Waals surface area contributed by atoms with Crippen molar-refractivity contribution in [2.75, 3.05) is 19.5 Å². The van der Waals surface area contributed by atoms with E-state index in [1.165, 1.54) is 11.8 Å². The van der Waals surface area contributed by atoms with Crippen molar-refractivity contribution in [3.63, 3.8) is 0 Å². The zero-order valence-electron chi connectivity index (χ0n) is 15.5. The third-order valence-electron chi connectivity index (χ3n) is 4.82. The number of ether oxygens (including phenoxy) is 2. The van der Waals surface area contributed by atoms with Crippen LogP contribution in [0.15, 0.2) is 0 Å². The second kappa shape index (κ2) is 7.03. The standard InChI is InChI=1S/C15H27N3O3S2Si/c1-14(2,3)24(6,7)20-8-11-12(18(4)17-16-11)15(9-19-10-15)21-13(22)23-5/h8-10H2,1-7H3. The second-order valence-electron chi connectivity index (χ2n) is 7.60. The van der Waals surface area contributed by atoms with Gasteiger partial charge in [0.2, 0.25) is 4.38 Å². The third kappa shape index (κ3) is 3.85. The van der Waals surface area contributed by atoms with Gasteiger partial charge in [0.15, 0.2) is 13.9 Å². The molecule has 9 heteroatoms. The summed E-state index contributed by atoms with van der Waals surface area (Å²) < 4.78 is 20.0. The molecule has 1 saturated heterocycles. The number of aromatic nitrogens is 3. The summed E-state index contributed by atoms with van der Waals surface area (Å²) in [7, 11) is -0.00573. The topological polar surface area (TPSA) is 58.4 Å². The van der Waals surface area contributed by atoms with Crippen LogP contribution < -0.4 is 0 Å². The Balaban J connectivity index is 2.24. The molecule has 0 bridgehead atoms. The highest BCUT2D eigenvalue weighted by Crippen LogP contribution is 2.39. The predicted molar refractivity (Wildman–Crippen MR) is 103 cm³/mol. The fourth-order valence-corrected chi connectivity index (χ4v) is 3.59. The lowest BCUT2D eigenvalue weighted by molar-refractivity contribution is -0.176. The van der Waals surface area contributed by atoms with E-state index in [0.29, 0.717) is 24.2 Å². The van der Waals surface area contributed by atoms with Gasteiger partial charge >= 0.3 is 0 Å². The number of thioether (sulfide) groups is 1. The summed E-state index contributed by atoms with van der Waals surface area (Å²) in [5, 5.41) is 8.63. The van der Waals surface area contributed by atoms with Crippen LogP contribution in [-0.2, 0) is 33.2 Å². The van der Waals surface area contributed by atoms with Crippen LogP contribution in [-0.4, -0.2) is 47.2 Å². The van der Waals surface area contributed by atoms with Crippen LogP contribution in [0.2, 0.25) is 18.1 Å². The van der Waals surface area contributed by atoms with E-state index in [1.807, 2.05) is 13.3 Å². The van der Waals surface area contributed by atoms with Crippen LogP contribution in [0, 0.1) is 0 Å². The van der Waals surface area contributed by atoms with E-state index in [0.717, 1.165) is 11.4 Å². The van der Waals surface area contributed by atoms with Gasteiger partial charge in [0.1, 0.15) is 11.4 Å². The van der Waals surface area contributed by atoms with Gasteiger partial charge in [-0.15, -0.1) is 5.10 Å². The molecule has 0 amide bonds. The Bertz CT molecular complexity index is 610. The SMILES string of the molecule is CSC(=S)OC1(c2c(CO[Si](C)(C)C(C)(C)C)nnn2C)COC1. The predicted octanol–water partition coefficient (Wildman–Crippen LogP) is 3.23. The Hall–Kier alpha value is -0.483. The molecule has 1 aromatic rings. The van der Waals surface area contributed by atoms with Crippen molar-refractivity contribution in [1.82, 2.24) is 15.0 Å². The fraction of sp³-hybridized carbons (Fsp3) is 0.800. The largest absolute Gasteiger partial charge is 0.460 e. The Morgan fingerprint density at radius 1 is 1.42 bits per heavy atom. The molecule has 0 atom stereocenters. The van der Waals surface area contributed by atoms with Gasteiger partial charge in [-0.25, -0.2) is 4.68 Å². The molecule has 1 aromatic heterocycles. The van der Waals surface area contributed by atoms with Gasteiger partial charge in [-0.2, -0.15) is 0 Å². The molecule has 2 rings (SSSR count). The number of aryl methyl sites for hydroxylation is 1. The van der Waals surface area contributed by atoms with Crippen LogP contribution >= 0.6 is 24.0 Å². The molecule has 136 valence electrons.